The van der Waals surface area contributed by atoms with Crippen molar-refractivity contribution >= 4 is 11.6 Å². The van der Waals surface area contributed by atoms with Gasteiger partial charge in [0.05, 0.1) is 12.1 Å². The third kappa shape index (κ3) is 3.02. The largest absolute Gasteiger partial charge is 0.327 e. The summed E-state index contributed by atoms with van der Waals surface area (Å²) in [6.07, 6.45) is 0.824. The van der Waals surface area contributed by atoms with E-state index < -0.39 is 5.82 Å². The average molecular weight is 270 g/mol. The summed E-state index contributed by atoms with van der Waals surface area (Å²) >= 11 is 5.71. The number of rotatable bonds is 4. The van der Waals surface area contributed by atoms with Crippen molar-refractivity contribution in [1.82, 2.24) is 20.2 Å². The molecule has 0 radical (unpaired) electrons. The Hall–Kier alpha value is -1.53. The highest BCUT2D eigenvalue weighted by molar-refractivity contribution is 6.30. The zero-order valence-electron chi connectivity index (χ0n) is 9.85. The summed E-state index contributed by atoms with van der Waals surface area (Å²) in [7, 11) is 1.68. The number of halogens is 2. The van der Waals surface area contributed by atoms with Gasteiger partial charge < -0.3 is 5.73 Å². The summed E-state index contributed by atoms with van der Waals surface area (Å²) in [5.74, 6) is 0.133. The van der Waals surface area contributed by atoms with E-state index >= 15 is 0 Å². The van der Waals surface area contributed by atoms with E-state index in [1.165, 1.54) is 10.9 Å². The normalized spacial score (nSPS) is 12.7. The van der Waals surface area contributed by atoms with E-state index in [0.29, 0.717) is 24.2 Å². The average Bonchev–Trinajstić information content (AvgIpc) is 2.70. The van der Waals surface area contributed by atoms with Gasteiger partial charge in [0.1, 0.15) is 5.82 Å². The highest BCUT2D eigenvalue weighted by Crippen LogP contribution is 2.19. The van der Waals surface area contributed by atoms with Crippen molar-refractivity contribution in [1.29, 1.82) is 0 Å². The van der Waals surface area contributed by atoms with E-state index in [1.807, 2.05) is 0 Å². The maximum Gasteiger partial charge on any atom is 0.176 e. The lowest BCUT2D eigenvalue weighted by atomic mass is 10.0. The topological polar surface area (TPSA) is 69.6 Å². The zero-order chi connectivity index (χ0) is 13.1. The molecule has 0 aliphatic rings. The molecule has 1 aromatic heterocycles. The Balaban J connectivity index is 2.03. The smallest absolute Gasteiger partial charge is 0.176 e. The molecule has 18 heavy (non-hydrogen) atoms. The summed E-state index contributed by atoms with van der Waals surface area (Å²) in [6.45, 7) is 0. The second-order valence-corrected chi connectivity index (χ2v) is 4.48. The Kier molecular flexibility index (Phi) is 3.88. The summed E-state index contributed by atoms with van der Waals surface area (Å²) in [4.78, 5) is 1.36. The van der Waals surface area contributed by atoms with Gasteiger partial charge in [-0.3, -0.25) is 0 Å². The van der Waals surface area contributed by atoms with Crippen LogP contribution in [-0.2, 0) is 19.9 Å². The molecule has 1 heterocycles. The highest BCUT2D eigenvalue weighted by atomic mass is 35.5. The molecule has 2 rings (SSSR count). The van der Waals surface area contributed by atoms with Crippen LogP contribution < -0.4 is 5.73 Å². The van der Waals surface area contributed by atoms with Gasteiger partial charge in [-0.2, -0.15) is 4.80 Å². The van der Waals surface area contributed by atoms with Crippen LogP contribution in [0.4, 0.5) is 4.39 Å². The van der Waals surface area contributed by atoms with Crippen molar-refractivity contribution in [2.45, 2.75) is 18.9 Å². The molecule has 0 spiro atoms. The van der Waals surface area contributed by atoms with Crippen LogP contribution in [0.15, 0.2) is 18.2 Å². The maximum atomic E-state index is 13.7. The van der Waals surface area contributed by atoms with Crippen molar-refractivity contribution in [3.8, 4) is 0 Å². The molecule has 0 saturated heterocycles. The molecule has 7 heteroatoms. The Morgan fingerprint density at radius 2 is 2.22 bits per heavy atom. The second kappa shape index (κ2) is 5.41. The number of hydrogen-bond acceptors (Lipinski definition) is 4. The quantitative estimate of drug-likeness (QED) is 0.903. The van der Waals surface area contributed by atoms with Crippen molar-refractivity contribution in [2.24, 2.45) is 12.8 Å². The monoisotopic (exact) mass is 269 g/mol. The third-order valence-electron chi connectivity index (χ3n) is 2.51. The third-order valence-corrected chi connectivity index (χ3v) is 2.80. The Bertz CT molecular complexity index is 542. The first-order chi connectivity index (χ1) is 8.56. The van der Waals surface area contributed by atoms with Crippen LogP contribution in [0.25, 0.3) is 0 Å². The van der Waals surface area contributed by atoms with Gasteiger partial charge in [-0.15, -0.1) is 10.2 Å². The van der Waals surface area contributed by atoms with Crippen LogP contribution in [0.2, 0.25) is 5.02 Å². The van der Waals surface area contributed by atoms with Crippen LogP contribution >= 0.6 is 11.6 Å². The van der Waals surface area contributed by atoms with E-state index in [1.54, 1.807) is 19.2 Å². The fraction of sp³-hybridized carbons (Fsp3) is 0.364. The maximum absolute atomic E-state index is 13.7. The summed E-state index contributed by atoms with van der Waals surface area (Å²) in [6, 6.07) is 4.61. The highest BCUT2D eigenvalue weighted by Gasteiger charge is 2.13. The fourth-order valence-electron chi connectivity index (χ4n) is 1.70. The summed E-state index contributed by atoms with van der Waals surface area (Å²) in [5, 5.41) is 11.7. The number of benzene rings is 1. The molecule has 5 nitrogen and oxygen atoms in total. The number of nitrogens with zero attached hydrogens (tertiary/aromatic N) is 4. The first-order valence-electron chi connectivity index (χ1n) is 5.47. The van der Waals surface area contributed by atoms with Crippen molar-refractivity contribution in [3.63, 3.8) is 0 Å². The molecular weight excluding hydrogens is 257 g/mol. The first-order valence-corrected chi connectivity index (χ1v) is 5.85. The van der Waals surface area contributed by atoms with Gasteiger partial charge in [0.2, 0.25) is 0 Å². The van der Waals surface area contributed by atoms with Gasteiger partial charge in [0, 0.05) is 12.5 Å². The minimum Gasteiger partial charge on any atom is -0.327 e. The molecule has 1 atom stereocenters. The van der Waals surface area contributed by atoms with Crippen molar-refractivity contribution in [3.05, 3.63) is 40.4 Å². The van der Waals surface area contributed by atoms with Gasteiger partial charge in [0.15, 0.2) is 5.82 Å². The lowest BCUT2D eigenvalue weighted by molar-refractivity contribution is 0.576. The van der Waals surface area contributed by atoms with E-state index in [4.69, 9.17) is 17.3 Å². The van der Waals surface area contributed by atoms with Gasteiger partial charge in [-0.05, 0) is 23.3 Å². The predicted octanol–water partition coefficient (Wildman–Crippen LogP) is 1.12. The van der Waals surface area contributed by atoms with Crippen LogP contribution in [0.5, 0.6) is 0 Å². The van der Waals surface area contributed by atoms with E-state index in [-0.39, 0.29) is 11.1 Å². The molecule has 1 unspecified atom stereocenters. The minimum atomic E-state index is -0.415. The summed E-state index contributed by atoms with van der Waals surface area (Å²) in [5.41, 5.74) is 6.44. The molecule has 0 aliphatic carbocycles. The molecule has 0 aliphatic heterocycles. The van der Waals surface area contributed by atoms with Gasteiger partial charge >= 0.3 is 0 Å². The second-order valence-electron chi connectivity index (χ2n) is 4.08. The fourth-order valence-corrected chi connectivity index (χ4v) is 1.89. The van der Waals surface area contributed by atoms with Crippen LogP contribution in [-0.4, -0.2) is 26.2 Å². The Labute approximate surface area is 109 Å². The Morgan fingerprint density at radius 3 is 2.89 bits per heavy atom. The van der Waals surface area contributed by atoms with Crippen LogP contribution in [0, 0.1) is 5.82 Å². The van der Waals surface area contributed by atoms with Gasteiger partial charge in [0.25, 0.3) is 0 Å². The number of aryl methyl sites for hydroxylation is 1. The van der Waals surface area contributed by atoms with Crippen molar-refractivity contribution < 1.29 is 4.39 Å². The number of nitrogens with two attached hydrogens (primary N) is 1. The van der Waals surface area contributed by atoms with E-state index in [0.717, 1.165) is 0 Å². The van der Waals surface area contributed by atoms with Crippen LogP contribution in [0.3, 0.4) is 0 Å². The lowest BCUT2D eigenvalue weighted by Crippen LogP contribution is -2.26. The number of hydrogen-bond donors (Lipinski definition) is 1. The van der Waals surface area contributed by atoms with E-state index in [9.17, 15) is 4.39 Å². The van der Waals surface area contributed by atoms with Gasteiger partial charge in [-0.1, -0.05) is 23.7 Å². The molecule has 2 aromatic rings. The molecule has 96 valence electrons. The van der Waals surface area contributed by atoms with Gasteiger partial charge in [-0.25, -0.2) is 4.39 Å². The standard InChI is InChI=1S/C11H13ClFN5/c1-18-16-10(15-17-18)6-8(14)5-7-3-2-4-9(12)11(7)13/h2-4,8H,5-6,14H2,1H3. The molecule has 0 saturated carbocycles. The summed E-state index contributed by atoms with van der Waals surface area (Å²) < 4.78 is 13.7. The molecule has 0 amide bonds. The minimum absolute atomic E-state index is 0.109. The molecule has 2 N–H and O–H groups in total. The molecule has 1 aromatic carbocycles. The molecular formula is C11H13ClFN5. The van der Waals surface area contributed by atoms with E-state index in [2.05, 4.69) is 15.4 Å². The zero-order valence-corrected chi connectivity index (χ0v) is 10.6. The predicted molar refractivity (Wildman–Crippen MR) is 65.6 cm³/mol. The SMILES string of the molecule is Cn1nnc(CC(N)Cc2cccc(Cl)c2F)n1. The first kappa shape index (κ1) is 12.9. The Morgan fingerprint density at radius 1 is 1.44 bits per heavy atom. The molecule has 0 bridgehead atoms. The molecule has 0 fully saturated rings. The number of aromatic nitrogens is 4. The lowest BCUT2D eigenvalue weighted by Gasteiger charge is -2.10. The van der Waals surface area contributed by atoms with Crippen molar-refractivity contribution in [2.75, 3.05) is 0 Å². The van der Waals surface area contributed by atoms with Crippen LogP contribution in [0.1, 0.15) is 11.4 Å². The number of tetrazole rings is 1.